The Morgan fingerprint density at radius 3 is 1.97 bits per heavy atom. The molecule has 2 heterocycles. The molecule has 2 aliphatic rings. The smallest absolute Gasteiger partial charge is 0.329 e. The van der Waals surface area contributed by atoms with Crippen molar-refractivity contribution in [3.8, 4) is 0 Å². The van der Waals surface area contributed by atoms with Gasteiger partial charge in [0.15, 0.2) is 5.54 Å². The summed E-state index contributed by atoms with van der Waals surface area (Å²) in [4.78, 5) is 43.6. The zero-order chi connectivity index (χ0) is 24.2. The Labute approximate surface area is 206 Å². The largest absolute Gasteiger partial charge is 0.480 e. The first kappa shape index (κ1) is 22.6. The molecule has 0 radical (unpaired) electrons. The van der Waals surface area contributed by atoms with Gasteiger partial charge in [0, 0.05) is 16.1 Å². The van der Waals surface area contributed by atoms with E-state index in [1.165, 1.54) is 0 Å². The summed E-state index contributed by atoms with van der Waals surface area (Å²) in [5.41, 5.74) is -0.237. The van der Waals surface area contributed by atoms with Gasteiger partial charge in [-0.1, -0.05) is 65.7 Å². The lowest BCUT2D eigenvalue weighted by Gasteiger charge is -2.38. The van der Waals surface area contributed by atoms with Gasteiger partial charge in [-0.05, 0) is 54.6 Å². The molecule has 5 rings (SSSR count). The van der Waals surface area contributed by atoms with Crippen LogP contribution >= 0.6 is 23.2 Å². The van der Waals surface area contributed by atoms with Gasteiger partial charge >= 0.3 is 5.97 Å². The van der Waals surface area contributed by atoms with Crippen molar-refractivity contribution in [3.05, 3.63) is 100 Å². The number of aliphatic carboxylic acids is 1. The summed E-state index contributed by atoms with van der Waals surface area (Å²) < 4.78 is 0. The molecule has 0 saturated carbocycles. The fraction of sp³-hybridized carbons (Fsp3) is 0.192. The van der Waals surface area contributed by atoms with Crippen LogP contribution in [0.3, 0.4) is 0 Å². The van der Waals surface area contributed by atoms with Gasteiger partial charge in [-0.2, -0.15) is 0 Å². The monoisotopic (exact) mass is 494 g/mol. The molecular weight excluding hydrogens is 475 g/mol. The molecule has 3 aromatic rings. The molecule has 2 amide bonds. The molecule has 4 unspecified atom stereocenters. The number of carboxylic acids is 1. The molecule has 0 aromatic heterocycles. The molecule has 0 aliphatic carbocycles. The first-order chi connectivity index (χ1) is 16.3. The van der Waals surface area contributed by atoms with Gasteiger partial charge in [0.05, 0.1) is 17.5 Å². The molecule has 0 spiro atoms. The second kappa shape index (κ2) is 8.24. The van der Waals surface area contributed by atoms with Crippen molar-refractivity contribution in [2.24, 2.45) is 11.8 Å². The van der Waals surface area contributed by atoms with Crippen LogP contribution in [0, 0.1) is 11.8 Å². The number of anilines is 1. The Morgan fingerprint density at radius 1 is 0.853 bits per heavy atom. The average molecular weight is 495 g/mol. The molecule has 4 atom stereocenters. The first-order valence-electron chi connectivity index (χ1n) is 10.7. The zero-order valence-electron chi connectivity index (χ0n) is 18.1. The molecule has 3 aromatic carbocycles. The molecule has 34 heavy (non-hydrogen) atoms. The number of carbonyl (C=O) groups excluding carboxylic acids is 2. The summed E-state index contributed by atoms with van der Waals surface area (Å²) in [5.74, 6) is -4.23. The number of hydrogen-bond acceptors (Lipinski definition) is 4. The Kier molecular flexibility index (Phi) is 5.47. The van der Waals surface area contributed by atoms with Crippen LogP contribution in [0.25, 0.3) is 0 Å². The normalized spacial score (nSPS) is 26.7. The third-order valence-electron chi connectivity index (χ3n) is 6.95. The van der Waals surface area contributed by atoms with E-state index in [9.17, 15) is 19.5 Å². The number of rotatable bonds is 4. The van der Waals surface area contributed by atoms with Crippen molar-refractivity contribution in [1.29, 1.82) is 0 Å². The number of hydrogen-bond donors (Lipinski definition) is 1. The van der Waals surface area contributed by atoms with Crippen LogP contribution in [0.15, 0.2) is 78.9 Å². The summed E-state index contributed by atoms with van der Waals surface area (Å²) in [6, 6.07) is 21.3. The molecule has 8 heteroatoms. The van der Waals surface area contributed by atoms with Gasteiger partial charge in [-0.15, -0.1) is 0 Å². The number of carboxylic acid groups (broad SMARTS) is 1. The van der Waals surface area contributed by atoms with E-state index in [1.807, 2.05) is 0 Å². The fourth-order valence-corrected chi connectivity index (χ4v) is 5.80. The van der Waals surface area contributed by atoms with Crippen LogP contribution in [0.5, 0.6) is 0 Å². The molecule has 0 bridgehead atoms. The Balaban J connectivity index is 1.75. The highest BCUT2D eigenvalue weighted by Crippen LogP contribution is 2.59. The zero-order valence-corrected chi connectivity index (χ0v) is 19.6. The first-order valence-corrected chi connectivity index (χ1v) is 11.4. The van der Waals surface area contributed by atoms with Crippen molar-refractivity contribution in [2.45, 2.75) is 11.6 Å². The highest BCUT2D eigenvalue weighted by atomic mass is 35.5. The number of amides is 2. The maximum atomic E-state index is 13.9. The Hall–Kier alpha value is -3.19. The maximum absolute atomic E-state index is 13.9. The summed E-state index contributed by atoms with van der Waals surface area (Å²) >= 11 is 12.1. The lowest BCUT2D eigenvalue weighted by atomic mass is 9.75. The minimum atomic E-state index is -1.75. The topological polar surface area (TPSA) is 77.9 Å². The highest BCUT2D eigenvalue weighted by molar-refractivity contribution is 6.31. The summed E-state index contributed by atoms with van der Waals surface area (Å²) in [6.07, 6.45) is 0. The standard InChI is InChI=1S/C26H20Cl2N2O4/c1-29-22(15-7-9-17(27)10-8-15)20-21(26(29,25(33)34)16-5-3-2-4-6-16)24(32)30(23(20)31)19-13-11-18(28)12-14-19/h2-14,20-22H,1H3,(H,33,34). The van der Waals surface area contributed by atoms with Crippen molar-refractivity contribution in [1.82, 2.24) is 4.90 Å². The Morgan fingerprint density at radius 2 is 1.41 bits per heavy atom. The number of halogens is 2. The number of nitrogens with zero attached hydrogens (tertiary/aromatic N) is 2. The number of imide groups is 1. The van der Waals surface area contributed by atoms with Crippen LogP contribution in [-0.4, -0.2) is 34.8 Å². The summed E-state index contributed by atoms with van der Waals surface area (Å²) in [5, 5.41) is 11.7. The number of likely N-dealkylation sites (N-methyl/N-ethyl adjacent to an activating group) is 1. The second-order valence-electron chi connectivity index (χ2n) is 8.54. The number of carbonyl (C=O) groups is 3. The number of fused-ring (bicyclic) bond motifs is 1. The van der Waals surface area contributed by atoms with Gasteiger partial charge in [0.2, 0.25) is 11.8 Å². The highest BCUT2D eigenvalue weighted by Gasteiger charge is 2.72. The van der Waals surface area contributed by atoms with Crippen LogP contribution in [0.4, 0.5) is 5.69 Å². The van der Waals surface area contributed by atoms with Gasteiger partial charge in [0.25, 0.3) is 0 Å². The fourth-order valence-electron chi connectivity index (χ4n) is 5.55. The number of likely N-dealkylation sites (tertiary alicyclic amines) is 1. The molecule has 2 saturated heterocycles. The quantitative estimate of drug-likeness (QED) is 0.528. The number of benzene rings is 3. The summed E-state index contributed by atoms with van der Waals surface area (Å²) in [6.45, 7) is 0. The SMILES string of the molecule is CN1C(c2ccc(Cl)cc2)C2C(=O)N(c3ccc(Cl)cc3)C(=O)C2C1(C(=O)O)c1ccccc1. The molecule has 1 N–H and O–H groups in total. The average Bonchev–Trinajstić information content (AvgIpc) is 3.25. The van der Waals surface area contributed by atoms with Crippen molar-refractivity contribution >= 4 is 46.7 Å². The predicted octanol–water partition coefficient (Wildman–Crippen LogP) is 4.77. The van der Waals surface area contributed by atoms with Gasteiger partial charge in [0.1, 0.15) is 0 Å². The van der Waals surface area contributed by atoms with E-state index in [2.05, 4.69) is 0 Å². The second-order valence-corrected chi connectivity index (χ2v) is 9.41. The predicted molar refractivity (Wildman–Crippen MR) is 129 cm³/mol. The molecule has 2 fully saturated rings. The minimum absolute atomic E-state index is 0.360. The lowest BCUT2D eigenvalue weighted by molar-refractivity contribution is -0.155. The van der Waals surface area contributed by atoms with E-state index in [0.29, 0.717) is 26.9 Å². The molecular formula is C26H20Cl2N2O4. The van der Waals surface area contributed by atoms with Gasteiger partial charge in [-0.25, -0.2) is 9.69 Å². The van der Waals surface area contributed by atoms with E-state index < -0.39 is 41.2 Å². The minimum Gasteiger partial charge on any atom is -0.480 e. The van der Waals surface area contributed by atoms with E-state index in [1.54, 1.807) is 90.8 Å². The maximum Gasteiger partial charge on any atom is 0.329 e. The third-order valence-corrected chi connectivity index (χ3v) is 7.46. The van der Waals surface area contributed by atoms with E-state index >= 15 is 0 Å². The van der Waals surface area contributed by atoms with E-state index in [4.69, 9.17) is 23.2 Å². The van der Waals surface area contributed by atoms with Crippen LogP contribution < -0.4 is 4.90 Å². The van der Waals surface area contributed by atoms with Crippen LogP contribution in [-0.2, 0) is 19.9 Å². The molecule has 2 aliphatic heterocycles. The van der Waals surface area contributed by atoms with Crippen molar-refractivity contribution in [2.75, 3.05) is 11.9 Å². The van der Waals surface area contributed by atoms with Gasteiger partial charge in [-0.3, -0.25) is 14.5 Å². The van der Waals surface area contributed by atoms with E-state index in [0.717, 1.165) is 4.90 Å². The molecule has 6 nitrogen and oxygen atoms in total. The lowest BCUT2D eigenvalue weighted by Crippen LogP contribution is -2.53. The summed E-state index contributed by atoms with van der Waals surface area (Å²) in [7, 11) is 1.66. The van der Waals surface area contributed by atoms with Crippen LogP contribution in [0.2, 0.25) is 10.0 Å². The van der Waals surface area contributed by atoms with Crippen molar-refractivity contribution in [3.63, 3.8) is 0 Å². The van der Waals surface area contributed by atoms with Gasteiger partial charge < -0.3 is 5.11 Å². The van der Waals surface area contributed by atoms with E-state index in [-0.39, 0.29) is 0 Å². The Bertz CT molecular complexity index is 1280. The third kappa shape index (κ3) is 3.10. The molecule has 172 valence electrons. The van der Waals surface area contributed by atoms with Crippen LogP contribution in [0.1, 0.15) is 17.2 Å². The van der Waals surface area contributed by atoms with Crippen molar-refractivity contribution < 1.29 is 19.5 Å².